The van der Waals surface area contributed by atoms with Crippen molar-refractivity contribution in [2.24, 2.45) is 0 Å². The minimum Gasteiger partial charge on any atom is -0.624 e. The van der Waals surface area contributed by atoms with Gasteiger partial charge in [-0.2, -0.15) is 11.8 Å². The highest BCUT2D eigenvalue weighted by Gasteiger charge is 1.97. The zero-order valence-electron chi connectivity index (χ0n) is 6.83. The number of hydrogen-bond donors (Lipinski definition) is 0. The predicted molar refractivity (Wildman–Crippen MR) is 47.8 cm³/mol. The van der Waals surface area contributed by atoms with Gasteiger partial charge in [0.2, 0.25) is 0 Å². The van der Waals surface area contributed by atoms with Crippen LogP contribution in [0.1, 0.15) is 20.3 Å². The molecule has 0 N–H and O–H groups in total. The Labute approximate surface area is 66.9 Å². The standard InChI is InChI=1S/C7H15NOS/c1-7(2)8(9)5-4-6-10-3/h5,7H,4,6H2,1-3H3. The summed E-state index contributed by atoms with van der Waals surface area (Å²) in [5.74, 6) is 1.03. The summed E-state index contributed by atoms with van der Waals surface area (Å²) in [7, 11) is 0. The van der Waals surface area contributed by atoms with E-state index in [-0.39, 0.29) is 6.04 Å². The normalized spacial score (nSPS) is 12.6. The Bertz CT molecular complexity index is 112. The van der Waals surface area contributed by atoms with Gasteiger partial charge in [-0.05, 0) is 20.1 Å². The second kappa shape index (κ2) is 5.59. The van der Waals surface area contributed by atoms with Gasteiger partial charge in [0.15, 0.2) is 12.3 Å². The molecule has 0 unspecified atom stereocenters. The molecule has 0 aromatic carbocycles. The molecule has 0 amide bonds. The average Bonchev–Trinajstić information content (AvgIpc) is 1.88. The van der Waals surface area contributed by atoms with Gasteiger partial charge in [0, 0.05) is 12.2 Å². The smallest absolute Gasteiger partial charge is 0.157 e. The highest BCUT2D eigenvalue weighted by Crippen LogP contribution is 1.93. The maximum Gasteiger partial charge on any atom is 0.157 e. The first-order valence-electron chi connectivity index (χ1n) is 3.46. The Balaban J connectivity index is 3.48. The monoisotopic (exact) mass is 161 g/mol. The third-order valence-corrected chi connectivity index (χ3v) is 1.78. The van der Waals surface area contributed by atoms with Gasteiger partial charge in [-0.3, -0.25) is 0 Å². The summed E-state index contributed by atoms with van der Waals surface area (Å²) in [6, 6.07) is 0.0851. The second-order valence-electron chi connectivity index (χ2n) is 2.42. The second-order valence-corrected chi connectivity index (χ2v) is 3.40. The van der Waals surface area contributed by atoms with Crippen molar-refractivity contribution < 1.29 is 4.74 Å². The first kappa shape index (κ1) is 9.82. The number of nitrogens with zero attached hydrogens (tertiary/aromatic N) is 1. The van der Waals surface area contributed by atoms with Gasteiger partial charge in [-0.15, -0.1) is 0 Å². The highest BCUT2D eigenvalue weighted by molar-refractivity contribution is 7.98. The molecule has 0 aliphatic rings. The molecule has 0 saturated carbocycles. The van der Waals surface area contributed by atoms with Crippen molar-refractivity contribution in [3.05, 3.63) is 5.21 Å². The van der Waals surface area contributed by atoms with Crippen LogP contribution in [0.4, 0.5) is 0 Å². The molecular formula is C7H15NOS. The molecule has 0 aromatic heterocycles. The van der Waals surface area contributed by atoms with Gasteiger partial charge in [0.1, 0.15) is 0 Å². The van der Waals surface area contributed by atoms with Gasteiger partial charge < -0.3 is 5.21 Å². The van der Waals surface area contributed by atoms with Gasteiger partial charge in [-0.1, -0.05) is 0 Å². The fourth-order valence-electron chi connectivity index (χ4n) is 0.509. The van der Waals surface area contributed by atoms with Crippen LogP contribution >= 0.6 is 11.8 Å². The van der Waals surface area contributed by atoms with Crippen molar-refractivity contribution in [1.82, 2.24) is 0 Å². The quantitative estimate of drug-likeness (QED) is 0.206. The third-order valence-electron chi connectivity index (χ3n) is 1.14. The Morgan fingerprint density at radius 2 is 2.20 bits per heavy atom. The van der Waals surface area contributed by atoms with Crippen molar-refractivity contribution in [3.63, 3.8) is 0 Å². The molecule has 0 saturated heterocycles. The zero-order chi connectivity index (χ0) is 7.98. The van der Waals surface area contributed by atoms with Crippen molar-refractivity contribution >= 4 is 18.0 Å². The van der Waals surface area contributed by atoms with E-state index in [0.717, 1.165) is 16.9 Å². The Kier molecular flexibility index (Phi) is 5.49. The molecular weight excluding hydrogens is 146 g/mol. The number of rotatable bonds is 4. The average molecular weight is 161 g/mol. The minimum atomic E-state index is 0.0851. The predicted octanol–water partition coefficient (Wildman–Crippen LogP) is 1.73. The summed E-state index contributed by atoms with van der Waals surface area (Å²) in [6.45, 7) is 3.78. The Hall–Kier alpha value is -0.180. The van der Waals surface area contributed by atoms with Crippen LogP contribution in [0.15, 0.2) is 0 Å². The maximum atomic E-state index is 10.9. The van der Waals surface area contributed by atoms with Crippen molar-refractivity contribution in [1.29, 1.82) is 0 Å². The number of hydrogen-bond acceptors (Lipinski definition) is 2. The molecule has 0 aliphatic carbocycles. The number of hydroxylamine groups is 1. The first-order valence-corrected chi connectivity index (χ1v) is 4.85. The zero-order valence-corrected chi connectivity index (χ0v) is 7.65. The molecule has 2 nitrogen and oxygen atoms in total. The van der Waals surface area contributed by atoms with Gasteiger partial charge in [-0.25, -0.2) is 4.74 Å². The molecule has 0 fully saturated rings. The molecule has 0 rings (SSSR count). The number of thioether (sulfide) groups is 1. The van der Waals surface area contributed by atoms with Crippen molar-refractivity contribution in [2.75, 3.05) is 12.0 Å². The summed E-state index contributed by atoms with van der Waals surface area (Å²) in [4.78, 5) is 0. The molecule has 0 radical (unpaired) electrons. The van der Waals surface area contributed by atoms with Crippen LogP contribution in [-0.4, -0.2) is 29.0 Å². The van der Waals surface area contributed by atoms with Crippen LogP contribution in [0.25, 0.3) is 0 Å². The van der Waals surface area contributed by atoms with Crippen molar-refractivity contribution in [2.45, 2.75) is 26.3 Å². The lowest BCUT2D eigenvalue weighted by atomic mass is 10.4. The van der Waals surface area contributed by atoms with E-state index in [1.54, 1.807) is 18.0 Å². The topological polar surface area (TPSA) is 26.1 Å². The van der Waals surface area contributed by atoms with Crippen molar-refractivity contribution in [3.8, 4) is 0 Å². The molecule has 0 atom stereocenters. The summed E-state index contributed by atoms with van der Waals surface area (Å²) < 4.78 is 1.01. The van der Waals surface area contributed by atoms with Crippen LogP contribution in [-0.2, 0) is 0 Å². The van der Waals surface area contributed by atoms with E-state index in [1.165, 1.54) is 0 Å². The Morgan fingerprint density at radius 1 is 1.60 bits per heavy atom. The summed E-state index contributed by atoms with van der Waals surface area (Å²) in [5, 5.41) is 10.9. The van der Waals surface area contributed by atoms with Crippen LogP contribution in [0.3, 0.4) is 0 Å². The third kappa shape index (κ3) is 4.68. The summed E-state index contributed by atoms with van der Waals surface area (Å²) >= 11 is 1.76. The van der Waals surface area contributed by atoms with E-state index in [4.69, 9.17) is 0 Å². The lowest BCUT2D eigenvalue weighted by Crippen LogP contribution is -2.14. The SMILES string of the molecule is CSCCC=[N+]([O-])C(C)C. The largest absolute Gasteiger partial charge is 0.624 e. The van der Waals surface area contributed by atoms with Gasteiger partial charge in [0.25, 0.3) is 0 Å². The summed E-state index contributed by atoms with van der Waals surface area (Å²) in [6.07, 6.45) is 4.63. The summed E-state index contributed by atoms with van der Waals surface area (Å²) in [5.41, 5.74) is 0. The van der Waals surface area contributed by atoms with E-state index in [2.05, 4.69) is 0 Å². The van der Waals surface area contributed by atoms with E-state index in [9.17, 15) is 5.21 Å². The van der Waals surface area contributed by atoms with Gasteiger partial charge >= 0.3 is 0 Å². The molecule has 3 heteroatoms. The molecule has 10 heavy (non-hydrogen) atoms. The van der Waals surface area contributed by atoms with E-state index in [0.29, 0.717) is 0 Å². The molecule has 0 aliphatic heterocycles. The molecule has 0 heterocycles. The van der Waals surface area contributed by atoms with Crippen LogP contribution < -0.4 is 0 Å². The molecule has 0 spiro atoms. The van der Waals surface area contributed by atoms with Gasteiger partial charge in [0.05, 0.1) is 0 Å². The van der Waals surface area contributed by atoms with E-state index in [1.807, 2.05) is 20.1 Å². The fraction of sp³-hybridized carbons (Fsp3) is 0.857. The fourth-order valence-corrected chi connectivity index (χ4v) is 0.850. The minimum absolute atomic E-state index is 0.0851. The van der Waals surface area contributed by atoms with Crippen LogP contribution in [0.5, 0.6) is 0 Å². The highest BCUT2D eigenvalue weighted by atomic mass is 32.2. The lowest BCUT2D eigenvalue weighted by Gasteiger charge is -2.06. The first-order chi connectivity index (χ1) is 4.68. The maximum absolute atomic E-state index is 10.9. The van der Waals surface area contributed by atoms with Crippen LogP contribution in [0, 0.1) is 5.21 Å². The Morgan fingerprint density at radius 3 is 2.60 bits per heavy atom. The van der Waals surface area contributed by atoms with E-state index >= 15 is 0 Å². The molecule has 0 bridgehead atoms. The van der Waals surface area contributed by atoms with Crippen LogP contribution in [0.2, 0.25) is 0 Å². The molecule has 60 valence electrons. The lowest BCUT2D eigenvalue weighted by molar-refractivity contribution is -0.488. The van der Waals surface area contributed by atoms with E-state index < -0.39 is 0 Å². The molecule has 0 aromatic rings.